The van der Waals surface area contributed by atoms with Gasteiger partial charge < -0.3 is 10.8 Å². The van der Waals surface area contributed by atoms with E-state index in [-0.39, 0.29) is 6.54 Å². The quantitative estimate of drug-likeness (QED) is 0.867. The molecule has 2 aromatic carbocycles. The van der Waals surface area contributed by atoms with Gasteiger partial charge in [0, 0.05) is 6.54 Å². The van der Waals surface area contributed by atoms with Gasteiger partial charge in [0.25, 0.3) is 0 Å². The predicted molar refractivity (Wildman–Crippen MR) is 75.4 cm³/mol. The second kappa shape index (κ2) is 5.34. The summed E-state index contributed by atoms with van der Waals surface area (Å²) in [4.78, 5) is 0. The Morgan fingerprint density at radius 1 is 1.11 bits per heavy atom. The molecule has 1 unspecified atom stereocenters. The van der Waals surface area contributed by atoms with Crippen LogP contribution in [0.15, 0.2) is 42.5 Å². The Morgan fingerprint density at radius 3 is 2.56 bits per heavy atom. The number of benzene rings is 2. The molecule has 0 radical (unpaired) electrons. The molecule has 18 heavy (non-hydrogen) atoms. The highest BCUT2D eigenvalue weighted by Crippen LogP contribution is 2.26. The van der Waals surface area contributed by atoms with Crippen molar-refractivity contribution in [3.05, 3.63) is 59.2 Å². The molecule has 94 valence electrons. The Hall–Kier alpha value is -1.64. The summed E-state index contributed by atoms with van der Waals surface area (Å²) in [5.74, 6) is 0. The van der Waals surface area contributed by atoms with Crippen molar-refractivity contribution >= 4 is 0 Å². The number of rotatable bonds is 3. The molecule has 2 aromatic rings. The summed E-state index contributed by atoms with van der Waals surface area (Å²) in [5.41, 5.74) is 11.2. The monoisotopic (exact) mass is 241 g/mol. The molecule has 0 aromatic heterocycles. The molecule has 3 N–H and O–H groups in total. The molecule has 0 aliphatic carbocycles. The topological polar surface area (TPSA) is 46.2 Å². The highest BCUT2D eigenvalue weighted by molar-refractivity contribution is 5.68. The van der Waals surface area contributed by atoms with Crippen LogP contribution in [0.3, 0.4) is 0 Å². The van der Waals surface area contributed by atoms with Crippen LogP contribution in [-0.4, -0.2) is 11.7 Å². The van der Waals surface area contributed by atoms with Crippen LogP contribution in [0.5, 0.6) is 0 Å². The zero-order chi connectivity index (χ0) is 13.1. The van der Waals surface area contributed by atoms with Crippen molar-refractivity contribution in [2.24, 2.45) is 5.73 Å². The molecular weight excluding hydrogens is 222 g/mol. The van der Waals surface area contributed by atoms with Crippen molar-refractivity contribution in [3.63, 3.8) is 0 Å². The summed E-state index contributed by atoms with van der Waals surface area (Å²) in [6, 6.07) is 14.3. The van der Waals surface area contributed by atoms with E-state index in [4.69, 9.17) is 5.73 Å². The van der Waals surface area contributed by atoms with Crippen LogP contribution in [0.25, 0.3) is 11.1 Å². The number of hydrogen-bond donors (Lipinski definition) is 2. The summed E-state index contributed by atoms with van der Waals surface area (Å²) in [7, 11) is 0. The first kappa shape index (κ1) is 12.8. The lowest BCUT2D eigenvalue weighted by Gasteiger charge is -2.12. The van der Waals surface area contributed by atoms with Crippen LogP contribution in [0.4, 0.5) is 0 Å². The van der Waals surface area contributed by atoms with Crippen molar-refractivity contribution in [2.75, 3.05) is 6.54 Å². The molecule has 0 saturated heterocycles. The van der Waals surface area contributed by atoms with Crippen LogP contribution in [0, 0.1) is 13.8 Å². The van der Waals surface area contributed by atoms with Gasteiger partial charge in [-0.3, -0.25) is 0 Å². The van der Waals surface area contributed by atoms with E-state index in [1.54, 1.807) is 0 Å². The first-order valence-electron chi connectivity index (χ1n) is 6.17. The average molecular weight is 241 g/mol. The van der Waals surface area contributed by atoms with Crippen LogP contribution in [-0.2, 0) is 0 Å². The lowest BCUT2D eigenvalue weighted by molar-refractivity contribution is 0.187. The molecule has 0 amide bonds. The Kier molecular flexibility index (Phi) is 3.80. The molecule has 0 aliphatic rings. The maximum absolute atomic E-state index is 9.79. The third-order valence-electron chi connectivity index (χ3n) is 3.19. The fraction of sp³-hybridized carbons (Fsp3) is 0.250. The summed E-state index contributed by atoms with van der Waals surface area (Å²) >= 11 is 0. The van der Waals surface area contributed by atoms with Crippen molar-refractivity contribution in [2.45, 2.75) is 20.0 Å². The van der Waals surface area contributed by atoms with E-state index >= 15 is 0 Å². The highest BCUT2D eigenvalue weighted by Gasteiger charge is 2.07. The molecule has 0 aliphatic heterocycles. The Labute approximate surface area is 108 Å². The van der Waals surface area contributed by atoms with Gasteiger partial charge in [-0.1, -0.05) is 42.0 Å². The summed E-state index contributed by atoms with van der Waals surface area (Å²) in [6.45, 7) is 4.44. The van der Waals surface area contributed by atoms with E-state index < -0.39 is 6.10 Å². The van der Waals surface area contributed by atoms with Crippen molar-refractivity contribution < 1.29 is 5.11 Å². The van der Waals surface area contributed by atoms with E-state index in [0.29, 0.717) is 0 Å². The lowest BCUT2D eigenvalue weighted by Crippen LogP contribution is -2.11. The maximum Gasteiger partial charge on any atom is 0.0912 e. The number of hydrogen-bond acceptors (Lipinski definition) is 2. The van der Waals surface area contributed by atoms with E-state index in [0.717, 1.165) is 11.1 Å². The summed E-state index contributed by atoms with van der Waals surface area (Å²) in [6.07, 6.45) is -0.587. The standard InChI is InChI=1S/C16H19NO/c1-11-6-7-15(12(2)8-11)13-4-3-5-14(9-13)16(18)10-17/h3-9,16,18H,10,17H2,1-2H3. The SMILES string of the molecule is Cc1ccc(-c2cccc(C(O)CN)c2)c(C)c1. The fourth-order valence-corrected chi connectivity index (χ4v) is 2.19. The zero-order valence-corrected chi connectivity index (χ0v) is 10.9. The lowest BCUT2D eigenvalue weighted by atomic mass is 9.96. The van der Waals surface area contributed by atoms with Crippen LogP contribution in [0.2, 0.25) is 0 Å². The molecule has 0 heterocycles. The number of aliphatic hydroxyl groups excluding tert-OH is 1. The van der Waals surface area contributed by atoms with Crippen molar-refractivity contribution in [1.29, 1.82) is 0 Å². The maximum atomic E-state index is 9.79. The van der Waals surface area contributed by atoms with Gasteiger partial charge in [-0.15, -0.1) is 0 Å². The van der Waals surface area contributed by atoms with E-state index in [1.807, 2.05) is 18.2 Å². The van der Waals surface area contributed by atoms with Gasteiger partial charge in [0.05, 0.1) is 6.10 Å². The molecule has 1 atom stereocenters. The fourth-order valence-electron chi connectivity index (χ4n) is 2.19. The molecule has 2 heteroatoms. The van der Waals surface area contributed by atoms with Gasteiger partial charge in [0.1, 0.15) is 0 Å². The second-order valence-corrected chi connectivity index (χ2v) is 4.70. The summed E-state index contributed by atoms with van der Waals surface area (Å²) in [5, 5.41) is 9.79. The molecule has 2 nitrogen and oxygen atoms in total. The van der Waals surface area contributed by atoms with Gasteiger partial charge in [-0.05, 0) is 42.2 Å². The Bertz CT molecular complexity index is 549. The number of nitrogens with two attached hydrogens (primary N) is 1. The van der Waals surface area contributed by atoms with Gasteiger partial charge in [-0.2, -0.15) is 0 Å². The Morgan fingerprint density at radius 2 is 1.89 bits per heavy atom. The number of aryl methyl sites for hydroxylation is 2. The molecule has 0 fully saturated rings. The molecule has 0 saturated carbocycles. The predicted octanol–water partition coefficient (Wildman–Crippen LogP) is 2.96. The van der Waals surface area contributed by atoms with Crippen LogP contribution >= 0.6 is 0 Å². The van der Waals surface area contributed by atoms with E-state index in [9.17, 15) is 5.11 Å². The van der Waals surface area contributed by atoms with Crippen molar-refractivity contribution in [1.82, 2.24) is 0 Å². The molecular formula is C16H19NO. The first-order chi connectivity index (χ1) is 8.61. The molecule has 2 rings (SSSR count). The largest absolute Gasteiger partial charge is 0.387 e. The highest BCUT2D eigenvalue weighted by atomic mass is 16.3. The molecule has 0 bridgehead atoms. The third-order valence-corrected chi connectivity index (χ3v) is 3.19. The van der Waals surface area contributed by atoms with Gasteiger partial charge >= 0.3 is 0 Å². The smallest absolute Gasteiger partial charge is 0.0912 e. The van der Waals surface area contributed by atoms with Crippen LogP contribution in [0.1, 0.15) is 22.8 Å². The minimum absolute atomic E-state index is 0.246. The van der Waals surface area contributed by atoms with Gasteiger partial charge in [-0.25, -0.2) is 0 Å². The second-order valence-electron chi connectivity index (χ2n) is 4.70. The number of aliphatic hydroxyl groups is 1. The Balaban J connectivity index is 2.44. The van der Waals surface area contributed by atoms with Crippen LogP contribution < -0.4 is 5.73 Å². The van der Waals surface area contributed by atoms with Crippen molar-refractivity contribution in [3.8, 4) is 11.1 Å². The minimum Gasteiger partial charge on any atom is -0.387 e. The van der Waals surface area contributed by atoms with Gasteiger partial charge in [0.15, 0.2) is 0 Å². The minimum atomic E-state index is -0.587. The normalized spacial score (nSPS) is 12.4. The third kappa shape index (κ3) is 2.61. The first-order valence-corrected chi connectivity index (χ1v) is 6.17. The van der Waals surface area contributed by atoms with Gasteiger partial charge in [0.2, 0.25) is 0 Å². The van der Waals surface area contributed by atoms with E-state index in [2.05, 4.69) is 38.1 Å². The molecule has 0 spiro atoms. The summed E-state index contributed by atoms with van der Waals surface area (Å²) < 4.78 is 0. The zero-order valence-electron chi connectivity index (χ0n) is 10.9. The van der Waals surface area contributed by atoms with E-state index in [1.165, 1.54) is 16.7 Å². The average Bonchev–Trinajstić information content (AvgIpc) is 2.38.